The molecule has 0 saturated heterocycles. The van der Waals surface area contributed by atoms with Gasteiger partial charge in [0.2, 0.25) is 0 Å². The highest BCUT2D eigenvalue weighted by molar-refractivity contribution is 8.04. The van der Waals surface area contributed by atoms with E-state index in [1.165, 1.54) is 11.8 Å². The quantitative estimate of drug-likeness (QED) is 0.583. The third kappa shape index (κ3) is 1.61. The average Bonchev–Trinajstić information content (AvgIpc) is 1.90. The van der Waals surface area contributed by atoms with Crippen LogP contribution < -0.4 is 5.73 Å². The van der Waals surface area contributed by atoms with E-state index >= 15 is 0 Å². The molecule has 1 amide bonds. The Morgan fingerprint density at radius 3 is 2.89 bits per heavy atom. The van der Waals surface area contributed by atoms with E-state index in [9.17, 15) is 4.79 Å². The van der Waals surface area contributed by atoms with Crippen LogP contribution in [0.5, 0.6) is 0 Å². The molecule has 0 aromatic rings. The van der Waals surface area contributed by atoms with E-state index in [1.54, 1.807) is 6.08 Å². The lowest BCUT2D eigenvalue weighted by atomic mass is 10.4. The SMILES string of the molecule is NC(=O)C1=CC=CCS1. The summed E-state index contributed by atoms with van der Waals surface area (Å²) in [5.74, 6) is 0.527. The Labute approximate surface area is 57.8 Å². The van der Waals surface area contributed by atoms with E-state index in [-0.39, 0.29) is 5.91 Å². The smallest absolute Gasteiger partial charge is 0.255 e. The Hall–Kier alpha value is -0.700. The van der Waals surface area contributed by atoms with Crippen LogP contribution in [0.15, 0.2) is 23.1 Å². The van der Waals surface area contributed by atoms with Crippen molar-refractivity contribution in [3.63, 3.8) is 0 Å². The fourth-order valence-electron chi connectivity index (χ4n) is 0.550. The summed E-state index contributed by atoms with van der Waals surface area (Å²) in [5.41, 5.74) is 5.01. The van der Waals surface area contributed by atoms with Crippen LogP contribution in [0.3, 0.4) is 0 Å². The average molecular weight is 141 g/mol. The van der Waals surface area contributed by atoms with Crippen LogP contribution >= 0.6 is 11.8 Å². The molecule has 0 aromatic heterocycles. The summed E-state index contributed by atoms with van der Waals surface area (Å²) in [5, 5.41) is 0. The first-order valence-corrected chi connectivity index (χ1v) is 3.58. The highest BCUT2D eigenvalue weighted by atomic mass is 32.2. The van der Waals surface area contributed by atoms with E-state index < -0.39 is 0 Å². The first-order valence-electron chi connectivity index (χ1n) is 2.60. The maximum Gasteiger partial charge on any atom is 0.255 e. The molecule has 2 N–H and O–H groups in total. The van der Waals surface area contributed by atoms with Crippen LogP contribution in [0.25, 0.3) is 0 Å². The van der Waals surface area contributed by atoms with Crippen molar-refractivity contribution >= 4 is 17.7 Å². The molecule has 3 heteroatoms. The number of hydrogen-bond donors (Lipinski definition) is 1. The second-order valence-corrected chi connectivity index (χ2v) is 2.70. The topological polar surface area (TPSA) is 43.1 Å². The largest absolute Gasteiger partial charge is 0.365 e. The number of allylic oxidation sites excluding steroid dienone is 2. The third-order valence-electron chi connectivity index (χ3n) is 0.962. The summed E-state index contributed by atoms with van der Waals surface area (Å²) in [4.78, 5) is 11.1. The van der Waals surface area contributed by atoms with E-state index in [1.807, 2.05) is 12.2 Å². The molecule has 0 radical (unpaired) electrons. The summed E-state index contributed by atoms with van der Waals surface area (Å²) in [6.07, 6.45) is 5.56. The predicted octanol–water partition coefficient (Wildman–Crippen LogP) is 0.659. The van der Waals surface area contributed by atoms with E-state index in [0.717, 1.165) is 5.75 Å². The van der Waals surface area contributed by atoms with Gasteiger partial charge in [0.05, 0.1) is 4.91 Å². The van der Waals surface area contributed by atoms with Crippen molar-refractivity contribution in [2.45, 2.75) is 0 Å². The highest BCUT2D eigenvalue weighted by Crippen LogP contribution is 2.18. The molecule has 1 aliphatic heterocycles. The molecule has 1 rings (SSSR count). The van der Waals surface area contributed by atoms with Crippen molar-refractivity contribution in [3.8, 4) is 0 Å². The van der Waals surface area contributed by atoms with Crippen molar-refractivity contribution in [1.29, 1.82) is 0 Å². The van der Waals surface area contributed by atoms with Gasteiger partial charge in [0.25, 0.3) is 5.91 Å². The van der Waals surface area contributed by atoms with Gasteiger partial charge in [-0.2, -0.15) is 0 Å². The minimum Gasteiger partial charge on any atom is -0.365 e. The molecule has 48 valence electrons. The lowest BCUT2D eigenvalue weighted by Crippen LogP contribution is -2.12. The minimum atomic E-state index is -0.329. The van der Waals surface area contributed by atoms with Crippen molar-refractivity contribution < 1.29 is 4.79 Å². The normalized spacial score (nSPS) is 17.1. The maximum atomic E-state index is 10.5. The molecule has 0 atom stereocenters. The van der Waals surface area contributed by atoms with Crippen LogP contribution in [0.1, 0.15) is 0 Å². The van der Waals surface area contributed by atoms with E-state index in [4.69, 9.17) is 5.73 Å². The molecule has 0 bridgehead atoms. The zero-order chi connectivity index (χ0) is 6.69. The maximum absolute atomic E-state index is 10.5. The standard InChI is InChI=1S/C6H7NOS/c7-6(8)5-3-1-2-4-9-5/h1-3H,4H2,(H2,7,8). The number of nitrogens with two attached hydrogens (primary N) is 1. The summed E-state index contributed by atoms with van der Waals surface area (Å²) >= 11 is 1.47. The van der Waals surface area contributed by atoms with Gasteiger partial charge in [0.15, 0.2) is 0 Å². The molecule has 0 spiro atoms. The van der Waals surface area contributed by atoms with E-state index in [2.05, 4.69) is 0 Å². The molecule has 2 nitrogen and oxygen atoms in total. The number of primary amides is 1. The van der Waals surface area contributed by atoms with Crippen molar-refractivity contribution in [2.24, 2.45) is 5.73 Å². The molecule has 0 aliphatic carbocycles. The fourth-order valence-corrected chi connectivity index (χ4v) is 1.25. The lowest BCUT2D eigenvalue weighted by Gasteiger charge is -2.01. The fraction of sp³-hybridized carbons (Fsp3) is 0.167. The minimum absolute atomic E-state index is 0.329. The van der Waals surface area contributed by atoms with Gasteiger partial charge in [0.1, 0.15) is 0 Å². The summed E-state index contributed by atoms with van der Waals surface area (Å²) in [6.45, 7) is 0. The second kappa shape index (κ2) is 2.73. The van der Waals surface area contributed by atoms with Crippen molar-refractivity contribution in [1.82, 2.24) is 0 Å². The van der Waals surface area contributed by atoms with Gasteiger partial charge < -0.3 is 5.73 Å². The Bertz CT molecular complexity index is 183. The number of carbonyl (C=O) groups is 1. The number of rotatable bonds is 1. The van der Waals surface area contributed by atoms with Gasteiger partial charge in [0, 0.05) is 5.75 Å². The summed E-state index contributed by atoms with van der Waals surface area (Å²) < 4.78 is 0. The Morgan fingerprint density at radius 1 is 1.78 bits per heavy atom. The molecule has 9 heavy (non-hydrogen) atoms. The first-order chi connectivity index (χ1) is 4.30. The Balaban J connectivity index is 2.68. The molecule has 0 fully saturated rings. The predicted molar refractivity (Wildman–Crippen MR) is 38.9 cm³/mol. The number of amides is 1. The van der Waals surface area contributed by atoms with Gasteiger partial charge in [-0.3, -0.25) is 4.79 Å². The monoisotopic (exact) mass is 141 g/mol. The van der Waals surface area contributed by atoms with Crippen LogP contribution in [-0.4, -0.2) is 11.7 Å². The number of carbonyl (C=O) groups excluding carboxylic acids is 1. The Morgan fingerprint density at radius 2 is 2.56 bits per heavy atom. The van der Waals surface area contributed by atoms with Crippen LogP contribution in [0.2, 0.25) is 0 Å². The zero-order valence-corrected chi connectivity index (χ0v) is 5.65. The Kier molecular flexibility index (Phi) is 1.95. The van der Waals surface area contributed by atoms with Crippen molar-refractivity contribution in [2.75, 3.05) is 5.75 Å². The van der Waals surface area contributed by atoms with Crippen LogP contribution in [0, 0.1) is 0 Å². The van der Waals surface area contributed by atoms with Crippen molar-refractivity contribution in [3.05, 3.63) is 23.1 Å². The van der Waals surface area contributed by atoms with Gasteiger partial charge in [-0.05, 0) is 6.08 Å². The molecule has 0 unspecified atom stereocenters. The molecular weight excluding hydrogens is 134 g/mol. The highest BCUT2D eigenvalue weighted by Gasteiger charge is 2.04. The molecular formula is C6H7NOS. The molecule has 0 aromatic carbocycles. The van der Waals surface area contributed by atoms with E-state index in [0.29, 0.717) is 4.91 Å². The number of hydrogen-bond acceptors (Lipinski definition) is 2. The summed E-state index contributed by atoms with van der Waals surface area (Å²) in [7, 11) is 0. The van der Waals surface area contributed by atoms with Gasteiger partial charge in [-0.15, -0.1) is 11.8 Å². The van der Waals surface area contributed by atoms with Crippen LogP contribution in [0.4, 0.5) is 0 Å². The van der Waals surface area contributed by atoms with Crippen LogP contribution in [-0.2, 0) is 4.79 Å². The summed E-state index contributed by atoms with van der Waals surface area (Å²) in [6, 6.07) is 0. The zero-order valence-electron chi connectivity index (χ0n) is 4.83. The first kappa shape index (κ1) is 6.42. The molecule has 1 aliphatic rings. The molecule has 0 saturated carbocycles. The third-order valence-corrected chi connectivity index (χ3v) is 1.97. The lowest BCUT2D eigenvalue weighted by molar-refractivity contribution is -0.113. The van der Waals surface area contributed by atoms with Gasteiger partial charge in [-0.25, -0.2) is 0 Å². The van der Waals surface area contributed by atoms with Gasteiger partial charge >= 0.3 is 0 Å². The second-order valence-electron chi connectivity index (χ2n) is 1.63. The van der Waals surface area contributed by atoms with Gasteiger partial charge in [-0.1, -0.05) is 12.2 Å². The number of thioether (sulfide) groups is 1. The molecule has 1 heterocycles.